The summed E-state index contributed by atoms with van der Waals surface area (Å²) in [5, 5.41) is 2.68. The Morgan fingerprint density at radius 2 is 1.48 bits per heavy atom. The molecule has 0 atom stereocenters. The van der Waals surface area contributed by atoms with Crippen LogP contribution in [0.4, 0.5) is 11.4 Å². The molecule has 1 fully saturated rings. The van der Waals surface area contributed by atoms with Gasteiger partial charge in [-0.2, -0.15) is 0 Å². The highest BCUT2D eigenvalue weighted by Crippen LogP contribution is 2.23. The molecule has 0 spiro atoms. The van der Waals surface area contributed by atoms with Crippen LogP contribution in [0.1, 0.15) is 5.56 Å². The fourth-order valence-corrected chi connectivity index (χ4v) is 3.55. The second-order valence-corrected chi connectivity index (χ2v) is 7.51. The number of nitrogens with zero attached hydrogens (tertiary/aromatic N) is 2. The molecule has 2 amide bonds. The molecule has 0 saturated carbocycles. The van der Waals surface area contributed by atoms with Crippen LogP contribution in [0.15, 0.2) is 78.9 Å². The molecule has 4 rings (SSSR count). The van der Waals surface area contributed by atoms with Gasteiger partial charge < -0.3 is 19.9 Å². The van der Waals surface area contributed by atoms with Crippen molar-refractivity contribution in [2.75, 3.05) is 36.4 Å². The summed E-state index contributed by atoms with van der Waals surface area (Å²) in [7, 11) is 0. The van der Waals surface area contributed by atoms with E-state index >= 15 is 0 Å². The third kappa shape index (κ3) is 5.22. The smallest absolute Gasteiger partial charge is 0.313 e. The van der Waals surface area contributed by atoms with Crippen LogP contribution in [-0.4, -0.2) is 42.9 Å². The van der Waals surface area contributed by atoms with Gasteiger partial charge in [-0.1, -0.05) is 30.3 Å². The van der Waals surface area contributed by atoms with Gasteiger partial charge in [0.25, 0.3) is 0 Å². The van der Waals surface area contributed by atoms with Gasteiger partial charge in [-0.25, -0.2) is 0 Å². The van der Waals surface area contributed by atoms with E-state index in [4.69, 9.17) is 4.74 Å². The van der Waals surface area contributed by atoms with Crippen LogP contribution < -0.4 is 15.0 Å². The van der Waals surface area contributed by atoms with Gasteiger partial charge in [0, 0.05) is 37.6 Å². The Labute approximate surface area is 182 Å². The second-order valence-electron chi connectivity index (χ2n) is 7.51. The zero-order valence-electron chi connectivity index (χ0n) is 17.5. The number of piperazine rings is 1. The van der Waals surface area contributed by atoms with Crippen LogP contribution in [0, 0.1) is 6.92 Å². The topological polar surface area (TPSA) is 61.9 Å². The maximum Gasteiger partial charge on any atom is 0.313 e. The number of hydrogen-bond acceptors (Lipinski definition) is 4. The average Bonchev–Trinajstić information content (AvgIpc) is 2.81. The molecule has 0 radical (unpaired) electrons. The summed E-state index contributed by atoms with van der Waals surface area (Å²) < 4.78 is 5.74. The standard InChI is InChI=1S/C25H25N3O3/c1-19-6-5-7-21(18-19)27-14-16-28(17-15-27)25(30)24(29)26-20-10-12-23(13-11-20)31-22-8-3-2-4-9-22/h2-13,18H,14-17H2,1H3,(H,26,29). The van der Waals surface area contributed by atoms with E-state index in [9.17, 15) is 9.59 Å². The highest BCUT2D eigenvalue weighted by atomic mass is 16.5. The summed E-state index contributed by atoms with van der Waals surface area (Å²) in [6, 6.07) is 24.7. The van der Waals surface area contributed by atoms with E-state index in [1.165, 1.54) is 5.56 Å². The number of benzene rings is 3. The van der Waals surface area contributed by atoms with Crippen LogP contribution in [0.5, 0.6) is 11.5 Å². The fraction of sp³-hybridized carbons (Fsp3) is 0.200. The quantitative estimate of drug-likeness (QED) is 0.653. The Hall–Kier alpha value is -3.80. The number of nitrogens with one attached hydrogen (secondary N) is 1. The van der Waals surface area contributed by atoms with Crippen LogP contribution in [0.25, 0.3) is 0 Å². The Morgan fingerprint density at radius 1 is 0.806 bits per heavy atom. The highest BCUT2D eigenvalue weighted by molar-refractivity contribution is 6.39. The molecule has 0 aromatic heterocycles. The van der Waals surface area contributed by atoms with Crippen molar-refractivity contribution in [3.63, 3.8) is 0 Å². The molecule has 1 saturated heterocycles. The third-order valence-corrected chi connectivity index (χ3v) is 5.22. The molecule has 158 valence electrons. The first kappa shape index (κ1) is 20.5. The molecule has 1 aliphatic heterocycles. The van der Waals surface area contributed by atoms with E-state index in [0.29, 0.717) is 37.6 Å². The summed E-state index contributed by atoms with van der Waals surface area (Å²) in [5.74, 6) is 0.260. The number of para-hydroxylation sites is 1. The van der Waals surface area contributed by atoms with Crippen molar-refractivity contribution in [3.05, 3.63) is 84.4 Å². The van der Waals surface area contributed by atoms with Gasteiger partial charge in [0.15, 0.2) is 0 Å². The number of carbonyl (C=O) groups is 2. The molecule has 6 heteroatoms. The molecule has 0 aliphatic carbocycles. The first-order valence-electron chi connectivity index (χ1n) is 10.3. The number of aryl methyl sites for hydroxylation is 1. The van der Waals surface area contributed by atoms with Crippen molar-refractivity contribution in [2.45, 2.75) is 6.92 Å². The maximum absolute atomic E-state index is 12.6. The lowest BCUT2D eigenvalue weighted by atomic mass is 10.2. The Kier molecular flexibility index (Phi) is 6.17. The Bertz CT molecular complexity index is 1040. The summed E-state index contributed by atoms with van der Waals surface area (Å²) >= 11 is 0. The van der Waals surface area contributed by atoms with E-state index in [2.05, 4.69) is 35.3 Å². The predicted molar refractivity (Wildman–Crippen MR) is 122 cm³/mol. The molecule has 3 aromatic rings. The minimum atomic E-state index is -0.624. The first-order valence-corrected chi connectivity index (χ1v) is 10.3. The van der Waals surface area contributed by atoms with E-state index in [1.54, 1.807) is 29.2 Å². The molecule has 6 nitrogen and oxygen atoms in total. The van der Waals surface area contributed by atoms with Crippen molar-refractivity contribution in [2.24, 2.45) is 0 Å². The average molecular weight is 415 g/mol. The summed E-state index contributed by atoms with van der Waals surface area (Å²) in [4.78, 5) is 28.9. The minimum Gasteiger partial charge on any atom is -0.457 e. The monoisotopic (exact) mass is 415 g/mol. The number of amides is 2. The fourth-order valence-electron chi connectivity index (χ4n) is 3.55. The normalized spacial score (nSPS) is 13.6. The van der Waals surface area contributed by atoms with E-state index in [0.717, 1.165) is 11.4 Å². The van der Waals surface area contributed by atoms with Gasteiger partial charge in [-0.05, 0) is 61.0 Å². The lowest BCUT2D eigenvalue weighted by Crippen LogP contribution is -2.51. The Morgan fingerprint density at radius 3 is 2.16 bits per heavy atom. The molecule has 0 bridgehead atoms. The molecule has 1 aliphatic rings. The summed E-state index contributed by atoms with van der Waals surface area (Å²) in [6.45, 7) is 4.50. The lowest BCUT2D eigenvalue weighted by molar-refractivity contribution is -0.143. The van der Waals surface area contributed by atoms with E-state index in [1.807, 2.05) is 36.4 Å². The first-order chi connectivity index (χ1) is 15.1. The molecule has 31 heavy (non-hydrogen) atoms. The number of rotatable bonds is 4. The maximum atomic E-state index is 12.6. The van der Waals surface area contributed by atoms with Gasteiger partial charge in [0.05, 0.1) is 0 Å². The van der Waals surface area contributed by atoms with E-state index < -0.39 is 11.8 Å². The van der Waals surface area contributed by atoms with Crippen LogP contribution >= 0.6 is 0 Å². The summed E-state index contributed by atoms with van der Waals surface area (Å²) in [6.07, 6.45) is 0. The molecule has 1 heterocycles. The van der Waals surface area contributed by atoms with Crippen LogP contribution in [0.3, 0.4) is 0 Å². The third-order valence-electron chi connectivity index (χ3n) is 5.22. The molecular formula is C25H25N3O3. The van der Waals surface area contributed by atoms with Gasteiger partial charge in [0.1, 0.15) is 11.5 Å². The van der Waals surface area contributed by atoms with Crippen molar-refractivity contribution < 1.29 is 14.3 Å². The van der Waals surface area contributed by atoms with Gasteiger partial charge in [-0.3, -0.25) is 9.59 Å². The molecule has 0 unspecified atom stereocenters. The SMILES string of the molecule is Cc1cccc(N2CCN(C(=O)C(=O)Nc3ccc(Oc4ccccc4)cc3)CC2)c1. The zero-order chi connectivity index (χ0) is 21.6. The van der Waals surface area contributed by atoms with Crippen molar-refractivity contribution in [3.8, 4) is 11.5 Å². The van der Waals surface area contributed by atoms with E-state index in [-0.39, 0.29) is 0 Å². The van der Waals surface area contributed by atoms with Crippen molar-refractivity contribution in [1.82, 2.24) is 4.90 Å². The zero-order valence-corrected chi connectivity index (χ0v) is 17.5. The summed E-state index contributed by atoms with van der Waals surface area (Å²) in [5.41, 5.74) is 2.90. The molecule has 3 aromatic carbocycles. The van der Waals surface area contributed by atoms with Crippen molar-refractivity contribution in [1.29, 1.82) is 0 Å². The molecular weight excluding hydrogens is 390 g/mol. The van der Waals surface area contributed by atoms with Crippen molar-refractivity contribution >= 4 is 23.2 Å². The minimum absolute atomic E-state index is 0.506. The van der Waals surface area contributed by atoms with Gasteiger partial charge in [0.2, 0.25) is 0 Å². The Balaban J connectivity index is 1.29. The number of carbonyl (C=O) groups excluding carboxylic acids is 2. The molecule has 1 N–H and O–H groups in total. The second kappa shape index (κ2) is 9.34. The predicted octanol–water partition coefficient (Wildman–Crippen LogP) is 4.07. The van der Waals surface area contributed by atoms with Gasteiger partial charge in [-0.15, -0.1) is 0 Å². The number of hydrogen-bond donors (Lipinski definition) is 1. The lowest BCUT2D eigenvalue weighted by Gasteiger charge is -2.35. The highest BCUT2D eigenvalue weighted by Gasteiger charge is 2.26. The van der Waals surface area contributed by atoms with Gasteiger partial charge >= 0.3 is 11.8 Å². The number of anilines is 2. The van der Waals surface area contributed by atoms with Crippen LogP contribution in [-0.2, 0) is 9.59 Å². The van der Waals surface area contributed by atoms with Crippen LogP contribution in [0.2, 0.25) is 0 Å². The largest absolute Gasteiger partial charge is 0.457 e. The number of ether oxygens (including phenoxy) is 1.